The molecule has 0 bridgehead atoms. The summed E-state index contributed by atoms with van der Waals surface area (Å²) < 4.78 is 0. The van der Waals surface area contributed by atoms with Gasteiger partial charge in [-0.1, -0.05) is 30.3 Å². The Morgan fingerprint density at radius 1 is 1.05 bits per heavy atom. The van der Waals surface area contributed by atoms with Gasteiger partial charge >= 0.3 is 0 Å². The maximum absolute atomic E-state index is 12.6. The van der Waals surface area contributed by atoms with Gasteiger partial charge in [0.05, 0.1) is 9.75 Å². The van der Waals surface area contributed by atoms with Crippen LogP contribution in [0, 0.1) is 0 Å². The highest BCUT2D eigenvalue weighted by atomic mass is 32.1. The van der Waals surface area contributed by atoms with E-state index in [1.165, 1.54) is 23.8 Å². The first kappa shape index (κ1) is 16.4. The summed E-state index contributed by atoms with van der Waals surface area (Å²) in [5, 5.41) is 0. The molecule has 0 unspecified atom stereocenters. The number of rotatable bonds is 7. The van der Waals surface area contributed by atoms with Crippen molar-refractivity contribution in [2.24, 2.45) is 5.73 Å². The van der Waals surface area contributed by atoms with Crippen LogP contribution >= 0.6 is 11.3 Å². The van der Waals surface area contributed by atoms with Gasteiger partial charge in [-0.3, -0.25) is 9.59 Å². The van der Waals surface area contributed by atoms with E-state index in [1.807, 2.05) is 30.3 Å². The van der Waals surface area contributed by atoms with E-state index in [2.05, 4.69) is 0 Å². The molecule has 2 aromatic rings. The van der Waals surface area contributed by atoms with Crippen molar-refractivity contribution in [3.8, 4) is 0 Å². The number of carbonyl (C=O) groups excluding carboxylic acids is 2. The summed E-state index contributed by atoms with van der Waals surface area (Å²) in [5.74, 6) is -0.0717. The minimum Gasteiger partial charge on any atom is -0.336 e. The van der Waals surface area contributed by atoms with E-state index < -0.39 is 0 Å². The fourth-order valence-corrected chi connectivity index (χ4v) is 3.05. The highest BCUT2D eigenvalue weighted by Crippen LogP contribution is 2.19. The van der Waals surface area contributed by atoms with Crippen LogP contribution in [0.15, 0.2) is 42.5 Å². The van der Waals surface area contributed by atoms with Crippen LogP contribution in [-0.2, 0) is 6.42 Å². The van der Waals surface area contributed by atoms with Crippen LogP contribution in [-0.4, -0.2) is 36.2 Å². The minimum absolute atomic E-state index is 0.0151. The van der Waals surface area contributed by atoms with Gasteiger partial charge in [-0.05, 0) is 31.0 Å². The Kier molecular flexibility index (Phi) is 5.86. The van der Waals surface area contributed by atoms with Crippen molar-refractivity contribution in [3.63, 3.8) is 0 Å². The highest BCUT2D eigenvalue weighted by molar-refractivity contribution is 7.15. The molecule has 2 N–H and O–H groups in total. The molecule has 0 fully saturated rings. The van der Waals surface area contributed by atoms with Crippen molar-refractivity contribution < 1.29 is 9.59 Å². The quantitative estimate of drug-likeness (QED) is 0.799. The molecule has 22 heavy (non-hydrogen) atoms. The van der Waals surface area contributed by atoms with Gasteiger partial charge in [0.2, 0.25) is 0 Å². The molecular formula is C17H20N2O2S. The normalized spacial score (nSPS) is 10.5. The van der Waals surface area contributed by atoms with E-state index >= 15 is 0 Å². The summed E-state index contributed by atoms with van der Waals surface area (Å²) in [4.78, 5) is 26.9. The predicted molar refractivity (Wildman–Crippen MR) is 89.4 cm³/mol. The molecule has 0 atom stereocenters. The number of ketones is 1. The second-order valence-electron chi connectivity index (χ2n) is 5.04. The molecule has 4 nitrogen and oxygen atoms in total. The molecule has 0 aliphatic heterocycles. The zero-order chi connectivity index (χ0) is 15.9. The third kappa shape index (κ3) is 4.26. The van der Waals surface area contributed by atoms with Gasteiger partial charge in [-0.25, -0.2) is 0 Å². The number of nitrogens with two attached hydrogens (primary N) is 1. The molecule has 5 heteroatoms. The number of Topliss-reactive ketones (excluding diaryl/α,β-unsaturated/α-hetero) is 1. The Labute approximate surface area is 134 Å². The zero-order valence-electron chi connectivity index (χ0n) is 12.6. The fraction of sp³-hybridized carbons (Fsp3) is 0.294. The molecule has 0 aliphatic rings. The largest absolute Gasteiger partial charge is 0.336 e. The summed E-state index contributed by atoms with van der Waals surface area (Å²) >= 11 is 1.24. The smallest absolute Gasteiger partial charge is 0.263 e. The summed E-state index contributed by atoms with van der Waals surface area (Å²) in [6.45, 7) is 3.06. The maximum atomic E-state index is 12.6. The molecule has 116 valence electrons. The summed E-state index contributed by atoms with van der Waals surface area (Å²) in [6.07, 6.45) is 0.789. The summed E-state index contributed by atoms with van der Waals surface area (Å²) in [7, 11) is 0. The van der Waals surface area contributed by atoms with E-state index in [0.717, 1.165) is 6.42 Å². The molecule has 1 amide bonds. The highest BCUT2D eigenvalue weighted by Gasteiger charge is 2.18. The average molecular weight is 316 g/mol. The molecule has 0 saturated heterocycles. The second kappa shape index (κ2) is 7.87. The lowest BCUT2D eigenvalue weighted by Gasteiger charge is -2.21. The van der Waals surface area contributed by atoms with Crippen LogP contribution in [0.1, 0.15) is 31.8 Å². The number of nitrogens with zero attached hydrogens (tertiary/aromatic N) is 1. The van der Waals surface area contributed by atoms with Crippen LogP contribution < -0.4 is 5.73 Å². The second-order valence-corrected chi connectivity index (χ2v) is 6.12. The van der Waals surface area contributed by atoms with Crippen LogP contribution in [0.25, 0.3) is 0 Å². The SMILES string of the molecule is CC(=O)c1ccc(C(=O)N(CCN)CCc2ccccc2)s1. The van der Waals surface area contributed by atoms with Gasteiger partial charge in [0.1, 0.15) is 0 Å². The van der Waals surface area contributed by atoms with E-state index in [-0.39, 0.29) is 11.7 Å². The first-order valence-electron chi connectivity index (χ1n) is 7.26. The third-order valence-electron chi connectivity index (χ3n) is 3.36. The first-order chi connectivity index (χ1) is 10.6. The summed E-state index contributed by atoms with van der Waals surface area (Å²) in [6, 6.07) is 13.5. The molecule has 0 radical (unpaired) electrons. The number of amides is 1. The Morgan fingerprint density at radius 3 is 2.32 bits per heavy atom. The van der Waals surface area contributed by atoms with Crippen molar-refractivity contribution in [1.82, 2.24) is 4.90 Å². The standard InChI is InChI=1S/C17H20N2O2S/c1-13(20)15-7-8-16(22-15)17(21)19(12-10-18)11-9-14-5-3-2-4-6-14/h2-8H,9-12,18H2,1H3. The fourth-order valence-electron chi connectivity index (χ4n) is 2.18. The Bertz CT molecular complexity index is 637. The molecular weight excluding hydrogens is 296 g/mol. The predicted octanol–water partition coefficient (Wildman–Crippen LogP) is 2.59. The van der Waals surface area contributed by atoms with Crippen molar-refractivity contribution in [2.75, 3.05) is 19.6 Å². The monoisotopic (exact) mass is 316 g/mol. The number of hydrogen-bond donors (Lipinski definition) is 1. The zero-order valence-corrected chi connectivity index (χ0v) is 13.4. The number of thiophene rings is 1. The topological polar surface area (TPSA) is 63.4 Å². The van der Waals surface area contributed by atoms with Gasteiger partial charge in [0, 0.05) is 19.6 Å². The number of benzene rings is 1. The van der Waals surface area contributed by atoms with Crippen molar-refractivity contribution >= 4 is 23.0 Å². The van der Waals surface area contributed by atoms with Crippen molar-refractivity contribution in [2.45, 2.75) is 13.3 Å². The van der Waals surface area contributed by atoms with Crippen LogP contribution in [0.2, 0.25) is 0 Å². The molecule has 0 aliphatic carbocycles. The van der Waals surface area contributed by atoms with Crippen LogP contribution in [0.5, 0.6) is 0 Å². The van der Waals surface area contributed by atoms with Gasteiger partial charge in [0.15, 0.2) is 5.78 Å². The van der Waals surface area contributed by atoms with Crippen LogP contribution in [0.4, 0.5) is 0 Å². The first-order valence-corrected chi connectivity index (χ1v) is 8.07. The lowest BCUT2D eigenvalue weighted by Crippen LogP contribution is -2.36. The van der Waals surface area contributed by atoms with Crippen LogP contribution in [0.3, 0.4) is 0 Å². The Morgan fingerprint density at radius 2 is 1.73 bits per heavy atom. The Balaban J connectivity index is 2.05. The molecule has 0 spiro atoms. The molecule has 1 aromatic heterocycles. The molecule has 2 rings (SSSR count). The van der Waals surface area contributed by atoms with Gasteiger partial charge in [-0.2, -0.15) is 0 Å². The lowest BCUT2D eigenvalue weighted by atomic mass is 10.1. The molecule has 1 aromatic carbocycles. The van der Waals surface area contributed by atoms with Crippen molar-refractivity contribution in [3.05, 3.63) is 57.8 Å². The van der Waals surface area contributed by atoms with Gasteiger partial charge < -0.3 is 10.6 Å². The van der Waals surface area contributed by atoms with Crippen molar-refractivity contribution in [1.29, 1.82) is 0 Å². The maximum Gasteiger partial charge on any atom is 0.263 e. The van der Waals surface area contributed by atoms with E-state index in [0.29, 0.717) is 29.4 Å². The molecule has 0 saturated carbocycles. The van der Waals surface area contributed by atoms with E-state index in [1.54, 1.807) is 17.0 Å². The van der Waals surface area contributed by atoms with Gasteiger partial charge in [0.25, 0.3) is 5.91 Å². The number of carbonyl (C=O) groups is 2. The number of hydrogen-bond acceptors (Lipinski definition) is 4. The van der Waals surface area contributed by atoms with E-state index in [9.17, 15) is 9.59 Å². The van der Waals surface area contributed by atoms with Gasteiger partial charge in [-0.15, -0.1) is 11.3 Å². The minimum atomic E-state index is -0.0566. The lowest BCUT2D eigenvalue weighted by molar-refractivity contribution is 0.0767. The summed E-state index contributed by atoms with van der Waals surface area (Å²) in [5.41, 5.74) is 6.81. The third-order valence-corrected chi connectivity index (χ3v) is 4.54. The Hall–Kier alpha value is -1.98. The average Bonchev–Trinajstić information content (AvgIpc) is 3.02. The van der Waals surface area contributed by atoms with E-state index in [4.69, 9.17) is 5.73 Å². The molecule has 1 heterocycles.